The highest BCUT2D eigenvalue weighted by Crippen LogP contribution is 2.07. The second kappa shape index (κ2) is 6.14. The van der Waals surface area contributed by atoms with Gasteiger partial charge in [-0.3, -0.25) is 4.79 Å². The number of fused-ring (bicyclic) bond motifs is 1. The van der Waals surface area contributed by atoms with Crippen molar-refractivity contribution in [2.75, 3.05) is 12.3 Å². The largest absolute Gasteiger partial charge is 0.356 e. The summed E-state index contributed by atoms with van der Waals surface area (Å²) in [7, 11) is 0. The highest BCUT2D eigenvalue weighted by Gasteiger charge is 2.05. The molecule has 0 aliphatic heterocycles. The number of halogens is 1. The number of hydrogen-bond donors (Lipinski definition) is 2. The fraction of sp³-hybridized carbons (Fsp3) is 0.400. The fourth-order valence-corrected chi connectivity index (χ4v) is 1.91. The van der Waals surface area contributed by atoms with Crippen LogP contribution in [-0.2, 0) is 11.2 Å². The zero-order valence-corrected chi connectivity index (χ0v) is 12.0. The van der Waals surface area contributed by atoms with Crippen molar-refractivity contribution in [2.45, 2.75) is 12.8 Å². The van der Waals surface area contributed by atoms with Crippen molar-refractivity contribution in [1.82, 2.24) is 24.9 Å². The van der Waals surface area contributed by atoms with E-state index in [2.05, 4.69) is 48.9 Å². The number of rotatable bonds is 5. The number of carbonyl (C=O) groups is 1. The lowest BCUT2D eigenvalue weighted by molar-refractivity contribution is -0.120. The number of hydrogen-bond acceptors (Lipinski definition) is 5. The Morgan fingerprint density at radius 1 is 1.56 bits per heavy atom. The molecule has 1 N–H and O–H groups in total. The maximum atomic E-state index is 11.2. The molecule has 0 unspecified atom stereocenters. The van der Waals surface area contributed by atoms with E-state index < -0.39 is 0 Å². The molecule has 0 aromatic carbocycles. The molecule has 2 aromatic heterocycles. The van der Waals surface area contributed by atoms with Gasteiger partial charge in [-0.05, 0) is 21.7 Å². The molecule has 0 fully saturated rings. The molecule has 1 amide bonds. The Morgan fingerprint density at radius 2 is 2.39 bits per heavy atom. The average molecular weight is 330 g/mol. The van der Waals surface area contributed by atoms with E-state index in [0.717, 1.165) is 4.47 Å². The standard InChI is InChI=1S/C10H12BrN5OS/c11-7-5-13-10-14-8(15-16(10)6-7)1-3-12-9(17)2-4-18/h5-6,18H,1-4H2,(H,12,17). The predicted octanol–water partition coefficient (Wildman–Crippen LogP) is 0.865. The van der Waals surface area contributed by atoms with E-state index in [4.69, 9.17) is 0 Å². The fourth-order valence-electron chi connectivity index (χ4n) is 1.41. The summed E-state index contributed by atoms with van der Waals surface area (Å²) >= 11 is 7.31. The van der Waals surface area contributed by atoms with Crippen LogP contribution < -0.4 is 5.32 Å². The van der Waals surface area contributed by atoms with Gasteiger partial charge < -0.3 is 5.32 Å². The van der Waals surface area contributed by atoms with E-state index in [1.807, 2.05) is 0 Å². The van der Waals surface area contributed by atoms with Crippen LogP contribution in [-0.4, -0.2) is 37.8 Å². The molecule has 2 rings (SSSR count). The Kier molecular flexibility index (Phi) is 4.54. The lowest BCUT2D eigenvalue weighted by Gasteiger charge is -2.00. The molecule has 0 saturated heterocycles. The average Bonchev–Trinajstić information content (AvgIpc) is 2.71. The third-order valence-corrected chi connectivity index (χ3v) is 2.85. The molecule has 8 heteroatoms. The van der Waals surface area contributed by atoms with E-state index in [0.29, 0.717) is 36.7 Å². The molecule has 0 bridgehead atoms. The summed E-state index contributed by atoms with van der Waals surface area (Å²) in [4.78, 5) is 19.6. The highest BCUT2D eigenvalue weighted by molar-refractivity contribution is 9.10. The molecule has 0 aliphatic rings. The first-order chi connectivity index (χ1) is 8.69. The van der Waals surface area contributed by atoms with Gasteiger partial charge in [-0.15, -0.1) is 5.10 Å². The van der Waals surface area contributed by atoms with Crippen LogP contribution >= 0.6 is 28.6 Å². The molecule has 0 saturated carbocycles. The summed E-state index contributed by atoms with van der Waals surface area (Å²) in [5, 5.41) is 7.04. The van der Waals surface area contributed by atoms with Gasteiger partial charge in [-0.25, -0.2) is 9.50 Å². The Balaban J connectivity index is 1.94. The number of nitrogens with zero attached hydrogens (tertiary/aromatic N) is 4. The molecule has 0 radical (unpaired) electrons. The quantitative estimate of drug-likeness (QED) is 0.798. The molecule has 18 heavy (non-hydrogen) atoms. The van der Waals surface area contributed by atoms with Gasteiger partial charge in [0, 0.05) is 31.8 Å². The van der Waals surface area contributed by atoms with E-state index in [1.165, 1.54) is 0 Å². The molecule has 0 aliphatic carbocycles. The van der Waals surface area contributed by atoms with Gasteiger partial charge in [0.15, 0.2) is 5.82 Å². The second-order valence-corrected chi connectivity index (χ2v) is 4.98. The van der Waals surface area contributed by atoms with Crippen LogP contribution in [0.3, 0.4) is 0 Å². The monoisotopic (exact) mass is 329 g/mol. The summed E-state index contributed by atoms with van der Waals surface area (Å²) in [6.07, 6.45) is 4.47. The van der Waals surface area contributed by atoms with Crippen LogP contribution in [0.2, 0.25) is 0 Å². The summed E-state index contributed by atoms with van der Waals surface area (Å²) in [5.41, 5.74) is 0. The lowest BCUT2D eigenvalue weighted by Crippen LogP contribution is -2.25. The van der Waals surface area contributed by atoms with Crippen molar-refractivity contribution in [1.29, 1.82) is 0 Å². The molecular formula is C10H12BrN5OS. The molecular weight excluding hydrogens is 318 g/mol. The van der Waals surface area contributed by atoms with Gasteiger partial charge in [0.2, 0.25) is 5.91 Å². The number of nitrogens with one attached hydrogen (secondary N) is 1. The van der Waals surface area contributed by atoms with Gasteiger partial charge >= 0.3 is 0 Å². The summed E-state index contributed by atoms with van der Waals surface area (Å²) in [5.74, 6) is 1.76. The molecule has 2 heterocycles. The Morgan fingerprint density at radius 3 is 3.17 bits per heavy atom. The third kappa shape index (κ3) is 3.42. The summed E-state index contributed by atoms with van der Waals surface area (Å²) in [6.45, 7) is 0.519. The molecule has 2 aromatic rings. The Bertz CT molecular complexity index is 558. The van der Waals surface area contributed by atoms with Crippen LogP contribution in [0.4, 0.5) is 0 Å². The van der Waals surface area contributed by atoms with Gasteiger partial charge in [0.05, 0.1) is 4.47 Å². The van der Waals surface area contributed by atoms with Crippen molar-refractivity contribution in [3.05, 3.63) is 22.7 Å². The zero-order chi connectivity index (χ0) is 13.0. The molecule has 0 atom stereocenters. The molecule has 0 spiro atoms. The zero-order valence-electron chi connectivity index (χ0n) is 9.51. The van der Waals surface area contributed by atoms with Crippen LogP contribution in [0.15, 0.2) is 16.9 Å². The topological polar surface area (TPSA) is 72.2 Å². The number of aromatic nitrogens is 4. The first-order valence-electron chi connectivity index (χ1n) is 5.43. The second-order valence-electron chi connectivity index (χ2n) is 3.62. The summed E-state index contributed by atoms with van der Waals surface area (Å²) in [6, 6.07) is 0. The normalized spacial score (nSPS) is 10.8. The van der Waals surface area contributed by atoms with Crippen LogP contribution in [0.1, 0.15) is 12.2 Å². The van der Waals surface area contributed by atoms with Gasteiger partial charge in [-0.2, -0.15) is 17.6 Å². The Labute approximate surface area is 118 Å². The van der Waals surface area contributed by atoms with E-state index in [1.54, 1.807) is 16.9 Å². The number of amides is 1. The SMILES string of the molecule is O=C(CCS)NCCc1nc2ncc(Br)cn2n1. The van der Waals surface area contributed by atoms with E-state index in [9.17, 15) is 4.79 Å². The van der Waals surface area contributed by atoms with Gasteiger partial charge in [0.25, 0.3) is 5.78 Å². The summed E-state index contributed by atoms with van der Waals surface area (Å²) < 4.78 is 2.45. The maximum Gasteiger partial charge on any atom is 0.252 e. The number of carbonyl (C=O) groups excluding carboxylic acids is 1. The minimum Gasteiger partial charge on any atom is -0.356 e. The molecule has 96 valence electrons. The van der Waals surface area contributed by atoms with Crippen molar-refractivity contribution in [3.8, 4) is 0 Å². The van der Waals surface area contributed by atoms with Crippen molar-refractivity contribution >= 4 is 40.2 Å². The highest BCUT2D eigenvalue weighted by atomic mass is 79.9. The Hall–Kier alpha value is -1.15. The number of thiol groups is 1. The minimum atomic E-state index is -0.00497. The first kappa shape index (κ1) is 13.3. The van der Waals surface area contributed by atoms with Gasteiger partial charge in [0.1, 0.15) is 0 Å². The lowest BCUT2D eigenvalue weighted by atomic mass is 10.4. The van der Waals surface area contributed by atoms with Crippen LogP contribution in [0.5, 0.6) is 0 Å². The van der Waals surface area contributed by atoms with Crippen molar-refractivity contribution in [3.63, 3.8) is 0 Å². The van der Waals surface area contributed by atoms with E-state index in [-0.39, 0.29) is 5.91 Å². The predicted molar refractivity (Wildman–Crippen MR) is 73.7 cm³/mol. The minimum absolute atomic E-state index is 0.00497. The van der Waals surface area contributed by atoms with E-state index >= 15 is 0 Å². The first-order valence-corrected chi connectivity index (χ1v) is 6.86. The van der Waals surface area contributed by atoms with Crippen LogP contribution in [0, 0.1) is 0 Å². The van der Waals surface area contributed by atoms with Gasteiger partial charge in [-0.1, -0.05) is 0 Å². The smallest absolute Gasteiger partial charge is 0.252 e. The van der Waals surface area contributed by atoms with Crippen LogP contribution in [0.25, 0.3) is 5.78 Å². The molecule has 6 nitrogen and oxygen atoms in total. The third-order valence-electron chi connectivity index (χ3n) is 2.22. The van der Waals surface area contributed by atoms with Crippen molar-refractivity contribution in [2.24, 2.45) is 0 Å². The van der Waals surface area contributed by atoms with Crippen molar-refractivity contribution < 1.29 is 4.79 Å². The maximum absolute atomic E-state index is 11.2.